The number of amides is 1. The summed E-state index contributed by atoms with van der Waals surface area (Å²) in [5, 5.41) is 0. The largest absolute Gasteiger partial charge is 0.462 e. The van der Waals surface area contributed by atoms with Gasteiger partial charge in [0.1, 0.15) is 4.88 Å². The lowest BCUT2D eigenvalue weighted by Gasteiger charge is -1.98. The summed E-state index contributed by atoms with van der Waals surface area (Å²) in [7, 11) is 0. The van der Waals surface area contributed by atoms with Gasteiger partial charge in [0.05, 0.1) is 6.61 Å². The zero-order valence-electron chi connectivity index (χ0n) is 8.27. The number of esters is 1. The highest BCUT2D eigenvalue weighted by molar-refractivity contribution is 8.00. The summed E-state index contributed by atoms with van der Waals surface area (Å²) in [5.74, 6) is -1.27. The normalized spacial score (nSPS) is 10.0. The van der Waals surface area contributed by atoms with Crippen LogP contribution in [0.25, 0.3) is 0 Å². The van der Waals surface area contributed by atoms with Crippen LogP contribution in [0.5, 0.6) is 0 Å². The molecule has 0 aliphatic carbocycles. The standard InChI is InChI=1S/C8H10N2O3S2/c1-3-13-7(12)5-4(6(9)11)10-8(14-2)15-5/h3H2,1-2H3,(H2,9,11). The highest BCUT2D eigenvalue weighted by Crippen LogP contribution is 2.26. The van der Waals surface area contributed by atoms with Gasteiger partial charge in [-0.1, -0.05) is 23.1 Å². The number of hydrogen-bond acceptors (Lipinski definition) is 6. The lowest BCUT2D eigenvalue weighted by Crippen LogP contribution is -2.16. The van der Waals surface area contributed by atoms with Crippen LogP contribution in [0.3, 0.4) is 0 Å². The SMILES string of the molecule is CCOC(=O)c1sc(SC)nc1C(N)=O. The molecule has 0 spiro atoms. The van der Waals surface area contributed by atoms with Gasteiger partial charge in [0.2, 0.25) is 0 Å². The minimum atomic E-state index is -0.713. The molecule has 0 aliphatic heterocycles. The van der Waals surface area contributed by atoms with Crippen molar-refractivity contribution in [2.75, 3.05) is 12.9 Å². The van der Waals surface area contributed by atoms with Gasteiger partial charge >= 0.3 is 5.97 Å². The molecule has 0 fully saturated rings. The summed E-state index contributed by atoms with van der Waals surface area (Å²) >= 11 is 2.46. The van der Waals surface area contributed by atoms with Crippen molar-refractivity contribution in [1.82, 2.24) is 4.98 Å². The van der Waals surface area contributed by atoms with Gasteiger partial charge in [0.25, 0.3) is 5.91 Å². The molecule has 5 nitrogen and oxygen atoms in total. The number of nitrogens with two attached hydrogens (primary N) is 1. The van der Waals surface area contributed by atoms with Crippen LogP contribution in [0, 0.1) is 0 Å². The Bertz CT molecular complexity index is 389. The Morgan fingerprint density at radius 2 is 2.27 bits per heavy atom. The molecule has 2 N–H and O–H groups in total. The van der Waals surface area contributed by atoms with Crippen LogP contribution in [0.15, 0.2) is 4.34 Å². The number of carbonyl (C=O) groups is 2. The van der Waals surface area contributed by atoms with Crippen LogP contribution in [0.2, 0.25) is 0 Å². The molecular weight excluding hydrogens is 236 g/mol. The molecule has 0 saturated carbocycles. The number of hydrogen-bond donors (Lipinski definition) is 1. The number of thioether (sulfide) groups is 1. The third-order valence-corrected chi connectivity index (χ3v) is 3.50. The van der Waals surface area contributed by atoms with E-state index in [4.69, 9.17) is 10.5 Å². The maximum atomic E-state index is 11.4. The molecule has 0 bridgehead atoms. The zero-order chi connectivity index (χ0) is 11.4. The molecule has 1 aromatic rings. The number of ether oxygens (including phenoxy) is 1. The molecule has 0 aromatic carbocycles. The number of carbonyl (C=O) groups excluding carboxylic acids is 2. The summed E-state index contributed by atoms with van der Waals surface area (Å²) in [6, 6.07) is 0. The summed E-state index contributed by atoms with van der Waals surface area (Å²) < 4.78 is 5.41. The molecule has 82 valence electrons. The predicted molar refractivity (Wildman–Crippen MR) is 58.4 cm³/mol. The van der Waals surface area contributed by atoms with Crippen LogP contribution in [0.1, 0.15) is 27.1 Å². The quantitative estimate of drug-likeness (QED) is 0.636. The van der Waals surface area contributed by atoms with Crippen molar-refractivity contribution >= 4 is 35.0 Å². The molecule has 1 rings (SSSR count). The monoisotopic (exact) mass is 246 g/mol. The second-order valence-corrected chi connectivity index (χ2v) is 4.50. The fourth-order valence-corrected chi connectivity index (χ4v) is 2.35. The predicted octanol–water partition coefficient (Wildman–Crippen LogP) is 1.14. The van der Waals surface area contributed by atoms with E-state index >= 15 is 0 Å². The van der Waals surface area contributed by atoms with E-state index in [9.17, 15) is 9.59 Å². The molecule has 1 aromatic heterocycles. The fraction of sp³-hybridized carbons (Fsp3) is 0.375. The third kappa shape index (κ3) is 2.69. The van der Waals surface area contributed by atoms with E-state index in [-0.39, 0.29) is 17.2 Å². The smallest absolute Gasteiger partial charge is 0.350 e. The van der Waals surface area contributed by atoms with Crippen molar-refractivity contribution in [2.24, 2.45) is 5.73 Å². The van der Waals surface area contributed by atoms with Crippen LogP contribution in [-0.4, -0.2) is 29.7 Å². The molecule has 7 heteroatoms. The van der Waals surface area contributed by atoms with Crippen molar-refractivity contribution in [1.29, 1.82) is 0 Å². The van der Waals surface area contributed by atoms with Crippen LogP contribution < -0.4 is 5.73 Å². The average Bonchev–Trinajstić information content (AvgIpc) is 2.61. The van der Waals surface area contributed by atoms with E-state index < -0.39 is 11.9 Å². The molecule has 15 heavy (non-hydrogen) atoms. The van der Waals surface area contributed by atoms with E-state index in [0.29, 0.717) is 4.34 Å². The Kier molecular flexibility index (Phi) is 4.10. The molecule has 1 amide bonds. The van der Waals surface area contributed by atoms with Crippen LogP contribution >= 0.6 is 23.1 Å². The first-order valence-corrected chi connectivity index (χ1v) is 6.16. The summed E-state index contributed by atoms with van der Waals surface area (Å²) in [4.78, 5) is 26.6. The van der Waals surface area contributed by atoms with Crippen molar-refractivity contribution in [3.05, 3.63) is 10.6 Å². The highest BCUT2D eigenvalue weighted by Gasteiger charge is 2.22. The Hall–Kier alpha value is -1.08. The second-order valence-electron chi connectivity index (χ2n) is 2.45. The van der Waals surface area contributed by atoms with Gasteiger partial charge in [0, 0.05) is 0 Å². The first-order valence-electron chi connectivity index (χ1n) is 4.11. The van der Waals surface area contributed by atoms with Crippen molar-refractivity contribution in [3.8, 4) is 0 Å². The molecule has 0 unspecified atom stereocenters. The maximum Gasteiger partial charge on any atom is 0.350 e. The van der Waals surface area contributed by atoms with Gasteiger partial charge in [-0.3, -0.25) is 4.79 Å². The van der Waals surface area contributed by atoms with Gasteiger partial charge < -0.3 is 10.5 Å². The number of aromatic nitrogens is 1. The van der Waals surface area contributed by atoms with Gasteiger partial charge in [-0.25, -0.2) is 9.78 Å². The van der Waals surface area contributed by atoms with E-state index in [1.54, 1.807) is 13.2 Å². The first-order chi connectivity index (χ1) is 7.10. The highest BCUT2D eigenvalue weighted by atomic mass is 32.2. The van der Waals surface area contributed by atoms with Crippen molar-refractivity contribution in [2.45, 2.75) is 11.3 Å². The Balaban J connectivity index is 3.09. The molecule has 0 saturated heterocycles. The molecule has 0 atom stereocenters. The van der Waals surface area contributed by atoms with Crippen molar-refractivity contribution in [3.63, 3.8) is 0 Å². The Labute approximate surface area is 95.0 Å². The van der Waals surface area contributed by atoms with E-state index in [2.05, 4.69) is 4.98 Å². The zero-order valence-corrected chi connectivity index (χ0v) is 9.91. The van der Waals surface area contributed by atoms with Gasteiger partial charge in [0.15, 0.2) is 10.0 Å². The third-order valence-electron chi connectivity index (χ3n) is 1.48. The summed E-state index contributed by atoms with van der Waals surface area (Å²) in [6.07, 6.45) is 1.80. The minimum Gasteiger partial charge on any atom is -0.462 e. The first kappa shape index (κ1) is 12.0. The van der Waals surface area contributed by atoms with Crippen molar-refractivity contribution < 1.29 is 14.3 Å². The summed E-state index contributed by atoms with van der Waals surface area (Å²) in [5.41, 5.74) is 5.09. The number of primary amides is 1. The minimum absolute atomic E-state index is 0.0113. The fourth-order valence-electron chi connectivity index (χ4n) is 0.890. The van der Waals surface area contributed by atoms with Crippen LogP contribution in [0.4, 0.5) is 0 Å². The Morgan fingerprint density at radius 3 is 2.73 bits per heavy atom. The average molecular weight is 246 g/mol. The lowest BCUT2D eigenvalue weighted by molar-refractivity contribution is 0.0528. The van der Waals surface area contributed by atoms with Gasteiger partial charge in [-0.05, 0) is 13.2 Å². The van der Waals surface area contributed by atoms with Crippen LogP contribution in [-0.2, 0) is 4.74 Å². The lowest BCUT2D eigenvalue weighted by atomic mass is 10.3. The second kappa shape index (κ2) is 5.13. The van der Waals surface area contributed by atoms with E-state index in [1.165, 1.54) is 11.8 Å². The van der Waals surface area contributed by atoms with E-state index in [1.807, 2.05) is 0 Å². The molecule has 0 aliphatic rings. The summed E-state index contributed by atoms with van der Waals surface area (Å²) in [6.45, 7) is 1.95. The molecular formula is C8H10N2O3S2. The maximum absolute atomic E-state index is 11.4. The van der Waals surface area contributed by atoms with Gasteiger partial charge in [-0.15, -0.1) is 0 Å². The number of nitrogens with zero attached hydrogens (tertiary/aromatic N) is 1. The number of thiazole rings is 1. The topological polar surface area (TPSA) is 82.3 Å². The molecule has 0 radical (unpaired) electrons. The Morgan fingerprint density at radius 1 is 1.60 bits per heavy atom. The number of rotatable bonds is 4. The van der Waals surface area contributed by atoms with E-state index in [0.717, 1.165) is 11.3 Å². The molecule has 1 heterocycles. The van der Waals surface area contributed by atoms with Gasteiger partial charge in [-0.2, -0.15) is 0 Å².